The Bertz CT molecular complexity index is 381. The van der Waals surface area contributed by atoms with Gasteiger partial charge in [0.05, 0.1) is 37.9 Å². The van der Waals surface area contributed by atoms with Crippen LogP contribution in [0.4, 0.5) is 0 Å². The van der Waals surface area contributed by atoms with E-state index in [1.165, 1.54) is 0 Å². The fourth-order valence-corrected chi connectivity index (χ4v) is 2.32. The van der Waals surface area contributed by atoms with Crippen molar-refractivity contribution in [1.82, 2.24) is 10.6 Å². The highest BCUT2D eigenvalue weighted by Gasteiger charge is 2.44. The molecule has 0 aromatic rings. The SMILES string of the molecule is OC[C@H]1NC(N[C@H]2[C@H](O)[C@@H](O)[C@@H](O)O[C@@H]2CO)=NC[C@@H]1O. The maximum atomic E-state index is 9.97. The molecule has 2 aliphatic heterocycles. The van der Waals surface area contributed by atoms with Gasteiger partial charge in [-0.25, -0.2) is 0 Å². The molecule has 0 radical (unpaired) electrons. The van der Waals surface area contributed by atoms with Gasteiger partial charge >= 0.3 is 0 Å². The first-order valence-electron chi connectivity index (χ1n) is 6.65. The van der Waals surface area contributed by atoms with Crippen LogP contribution < -0.4 is 10.6 Å². The molecule has 0 spiro atoms. The largest absolute Gasteiger partial charge is 0.394 e. The molecular weight excluding hydrogens is 286 g/mol. The Balaban J connectivity index is 2.06. The normalized spacial score (nSPS) is 43.9. The lowest BCUT2D eigenvalue weighted by molar-refractivity contribution is -0.260. The molecule has 0 amide bonds. The summed E-state index contributed by atoms with van der Waals surface area (Å²) in [4.78, 5) is 3.99. The molecule has 0 aromatic heterocycles. The molecule has 0 aliphatic carbocycles. The summed E-state index contributed by atoms with van der Waals surface area (Å²) in [6.45, 7) is -0.743. The van der Waals surface area contributed by atoms with Gasteiger partial charge in [-0.1, -0.05) is 0 Å². The Morgan fingerprint density at radius 1 is 1.14 bits per heavy atom. The molecule has 122 valence electrons. The van der Waals surface area contributed by atoms with Crippen LogP contribution in [0.3, 0.4) is 0 Å². The van der Waals surface area contributed by atoms with Gasteiger partial charge in [-0.05, 0) is 0 Å². The summed E-state index contributed by atoms with van der Waals surface area (Å²) < 4.78 is 5.00. The molecule has 2 rings (SSSR count). The zero-order chi connectivity index (χ0) is 15.6. The Hall–Kier alpha value is -1.01. The highest BCUT2D eigenvalue weighted by Crippen LogP contribution is 2.19. The summed E-state index contributed by atoms with van der Waals surface area (Å²) in [6, 6.07) is -1.54. The molecule has 7 atom stereocenters. The summed E-state index contributed by atoms with van der Waals surface area (Å²) in [5.74, 6) is 0.189. The first-order chi connectivity index (χ1) is 9.97. The summed E-state index contributed by atoms with van der Waals surface area (Å²) in [7, 11) is 0. The lowest BCUT2D eigenvalue weighted by Crippen LogP contribution is -2.67. The first-order valence-corrected chi connectivity index (χ1v) is 6.65. The number of rotatable bonds is 3. The molecule has 0 saturated carbocycles. The molecule has 21 heavy (non-hydrogen) atoms. The number of hydrogen-bond donors (Lipinski definition) is 8. The van der Waals surface area contributed by atoms with Gasteiger partial charge in [-0.2, -0.15) is 0 Å². The van der Waals surface area contributed by atoms with E-state index < -0.39 is 49.4 Å². The molecule has 2 heterocycles. The van der Waals surface area contributed by atoms with Crippen molar-refractivity contribution in [2.75, 3.05) is 19.8 Å². The van der Waals surface area contributed by atoms with Crippen LogP contribution in [0.2, 0.25) is 0 Å². The van der Waals surface area contributed by atoms with Gasteiger partial charge in [-0.15, -0.1) is 0 Å². The quantitative estimate of drug-likeness (QED) is 0.255. The second-order valence-corrected chi connectivity index (χ2v) is 5.09. The lowest BCUT2D eigenvalue weighted by Gasteiger charge is -2.41. The predicted octanol–water partition coefficient (Wildman–Crippen LogP) is -4.94. The highest BCUT2D eigenvalue weighted by atomic mass is 16.6. The van der Waals surface area contributed by atoms with Crippen LogP contribution in [0, 0.1) is 0 Å². The van der Waals surface area contributed by atoms with Gasteiger partial charge in [0.2, 0.25) is 0 Å². The van der Waals surface area contributed by atoms with Gasteiger partial charge in [0, 0.05) is 0 Å². The molecule has 1 saturated heterocycles. The second kappa shape index (κ2) is 6.83. The Morgan fingerprint density at radius 3 is 2.48 bits per heavy atom. The molecule has 0 unspecified atom stereocenters. The fraction of sp³-hybridized carbons (Fsp3) is 0.909. The number of aliphatic imine (C=N–C) groups is 1. The summed E-state index contributed by atoms with van der Waals surface area (Å²) in [5, 5.41) is 62.4. The Labute approximate surface area is 120 Å². The molecule has 2 aliphatic rings. The van der Waals surface area contributed by atoms with Gasteiger partial charge in [-0.3, -0.25) is 4.99 Å². The first kappa shape index (κ1) is 16.4. The number of aliphatic hydroxyl groups excluding tert-OH is 6. The number of guanidine groups is 1. The summed E-state index contributed by atoms with van der Waals surface area (Å²) in [6.07, 6.45) is -6.32. The lowest BCUT2D eigenvalue weighted by atomic mass is 9.96. The standard InChI is InChI=1S/C11H21N3O7/c15-2-4-5(17)1-12-11(13-4)14-7-6(3-16)21-10(20)9(19)8(7)18/h4-10,15-20H,1-3H2,(H2,12,13,14)/t4-,5+,6-,7-,8+,9-,10+/m1/s1. The van der Waals surface area contributed by atoms with Crippen molar-refractivity contribution in [2.24, 2.45) is 4.99 Å². The van der Waals surface area contributed by atoms with Crippen molar-refractivity contribution in [3.05, 3.63) is 0 Å². The minimum atomic E-state index is -1.59. The van der Waals surface area contributed by atoms with Gasteiger partial charge in [0.25, 0.3) is 0 Å². The van der Waals surface area contributed by atoms with Crippen molar-refractivity contribution >= 4 is 5.96 Å². The van der Waals surface area contributed by atoms with Crippen LogP contribution >= 0.6 is 0 Å². The molecule has 10 heteroatoms. The number of ether oxygens (including phenoxy) is 1. The molecule has 1 fully saturated rings. The van der Waals surface area contributed by atoms with E-state index in [1.807, 2.05) is 0 Å². The van der Waals surface area contributed by atoms with E-state index in [4.69, 9.17) is 9.84 Å². The van der Waals surface area contributed by atoms with Gasteiger partial charge in [0.1, 0.15) is 18.3 Å². The topological polar surface area (TPSA) is 167 Å². The summed E-state index contributed by atoms with van der Waals surface area (Å²) in [5.41, 5.74) is 0. The predicted molar refractivity (Wildman–Crippen MR) is 69.2 cm³/mol. The van der Waals surface area contributed by atoms with Crippen LogP contribution in [0.1, 0.15) is 0 Å². The van der Waals surface area contributed by atoms with Crippen LogP contribution in [0.25, 0.3) is 0 Å². The van der Waals surface area contributed by atoms with E-state index in [0.29, 0.717) is 0 Å². The number of nitrogens with one attached hydrogen (secondary N) is 2. The zero-order valence-electron chi connectivity index (χ0n) is 11.2. The molecule has 0 aromatic carbocycles. The summed E-state index contributed by atoms with van der Waals surface area (Å²) >= 11 is 0. The van der Waals surface area contributed by atoms with Crippen LogP contribution in [-0.4, -0.2) is 99.1 Å². The fourth-order valence-electron chi connectivity index (χ4n) is 2.32. The number of nitrogens with zero attached hydrogens (tertiary/aromatic N) is 1. The van der Waals surface area contributed by atoms with Crippen molar-refractivity contribution in [2.45, 2.75) is 42.8 Å². The smallest absolute Gasteiger partial charge is 0.192 e. The molecule has 8 N–H and O–H groups in total. The van der Waals surface area contributed by atoms with E-state index in [-0.39, 0.29) is 19.1 Å². The molecule has 10 nitrogen and oxygen atoms in total. The number of aliphatic hydroxyl groups is 6. The third-order valence-electron chi connectivity index (χ3n) is 3.63. The van der Waals surface area contributed by atoms with E-state index in [9.17, 15) is 25.5 Å². The third-order valence-corrected chi connectivity index (χ3v) is 3.63. The van der Waals surface area contributed by atoms with Crippen molar-refractivity contribution < 1.29 is 35.4 Å². The van der Waals surface area contributed by atoms with Crippen LogP contribution in [0.15, 0.2) is 4.99 Å². The van der Waals surface area contributed by atoms with E-state index in [2.05, 4.69) is 15.6 Å². The third kappa shape index (κ3) is 3.43. The Morgan fingerprint density at radius 2 is 1.86 bits per heavy atom. The van der Waals surface area contributed by atoms with Crippen LogP contribution in [0.5, 0.6) is 0 Å². The van der Waals surface area contributed by atoms with Crippen LogP contribution in [-0.2, 0) is 4.74 Å². The van der Waals surface area contributed by atoms with Crippen molar-refractivity contribution in [3.63, 3.8) is 0 Å². The molecule has 0 bridgehead atoms. The minimum absolute atomic E-state index is 0.0548. The van der Waals surface area contributed by atoms with E-state index in [1.54, 1.807) is 0 Å². The maximum absolute atomic E-state index is 9.97. The second-order valence-electron chi connectivity index (χ2n) is 5.09. The van der Waals surface area contributed by atoms with Gasteiger partial charge < -0.3 is 46.0 Å². The van der Waals surface area contributed by atoms with E-state index >= 15 is 0 Å². The Kier molecular flexibility index (Phi) is 5.32. The number of hydrogen-bond acceptors (Lipinski definition) is 10. The van der Waals surface area contributed by atoms with Gasteiger partial charge in [0.15, 0.2) is 12.2 Å². The highest BCUT2D eigenvalue weighted by molar-refractivity contribution is 5.81. The van der Waals surface area contributed by atoms with Crippen molar-refractivity contribution in [1.29, 1.82) is 0 Å². The monoisotopic (exact) mass is 307 g/mol. The minimum Gasteiger partial charge on any atom is -0.394 e. The maximum Gasteiger partial charge on any atom is 0.192 e. The average molecular weight is 307 g/mol. The van der Waals surface area contributed by atoms with Crippen molar-refractivity contribution in [3.8, 4) is 0 Å². The average Bonchev–Trinajstić information content (AvgIpc) is 2.49. The molecular formula is C11H21N3O7. The zero-order valence-corrected chi connectivity index (χ0v) is 11.2. The van der Waals surface area contributed by atoms with E-state index in [0.717, 1.165) is 0 Å².